The molecule has 0 unspecified atom stereocenters. The lowest BCUT2D eigenvalue weighted by Crippen LogP contribution is -2.12. The van der Waals surface area contributed by atoms with Crippen LogP contribution in [0.2, 0.25) is 0 Å². The lowest BCUT2D eigenvalue weighted by Gasteiger charge is -2.09. The van der Waals surface area contributed by atoms with E-state index in [-0.39, 0.29) is 5.82 Å². The van der Waals surface area contributed by atoms with Crippen LogP contribution in [0.3, 0.4) is 0 Å². The average molecular weight is 358 g/mol. The fraction of sp³-hybridized carbons (Fsp3) is 0.211. The fourth-order valence-corrected chi connectivity index (χ4v) is 3.34. The molecular weight excluding hydrogens is 339 g/mol. The Morgan fingerprint density at radius 1 is 1.00 bits per heavy atom. The van der Waals surface area contributed by atoms with E-state index in [2.05, 4.69) is 10.3 Å². The summed E-state index contributed by atoms with van der Waals surface area (Å²) in [7, 11) is 3.25. The Kier molecular flexibility index (Phi) is 5.63. The molecule has 130 valence electrons. The second-order valence-electron chi connectivity index (χ2n) is 5.42. The van der Waals surface area contributed by atoms with E-state index in [1.807, 2.05) is 24.4 Å². The molecule has 2 aromatic carbocycles. The van der Waals surface area contributed by atoms with Crippen molar-refractivity contribution in [3.05, 3.63) is 65.0 Å². The number of ether oxygens (including phenoxy) is 2. The van der Waals surface area contributed by atoms with Crippen LogP contribution in [-0.2, 0) is 13.1 Å². The van der Waals surface area contributed by atoms with Gasteiger partial charge in [-0.2, -0.15) is 0 Å². The van der Waals surface area contributed by atoms with Gasteiger partial charge in [0, 0.05) is 19.3 Å². The van der Waals surface area contributed by atoms with Crippen molar-refractivity contribution in [3.8, 4) is 21.9 Å². The maximum Gasteiger partial charge on any atom is 0.161 e. The molecule has 1 aromatic heterocycles. The van der Waals surface area contributed by atoms with E-state index in [4.69, 9.17) is 9.47 Å². The maximum absolute atomic E-state index is 13.0. The van der Waals surface area contributed by atoms with Gasteiger partial charge < -0.3 is 14.8 Å². The summed E-state index contributed by atoms with van der Waals surface area (Å²) < 4.78 is 23.6. The molecule has 3 aromatic rings. The molecule has 0 atom stereocenters. The first kappa shape index (κ1) is 17.4. The van der Waals surface area contributed by atoms with Gasteiger partial charge in [0.2, 0.25) is 0 Å². The van der Waals surface area contributed by atoms with Crippen LogP contribution in [0, 0.1) is 5.82 Å². The smallest absolute Gasteiger partial charge is 0.161 e. The first-order valence-corrected chi connectivity index (χ1v) is 8.63. The van der Waals surface area contributed by atoms with Gasteiger partial charge in [-0.25, -0.2) is 9.37 Å². The average Bonchev–Trinajstić information content (AvgIpc) is 3.11. The van der Waals surface area contributed by atoms with E-state index in [0.717, 1.165) is 32.5 Å². The third-order valence-electron chi connectivity index (χ3n) is 3.74. The lowest BCUT2D eigenvalue weighted by molar-refractivity contribution is 0.354. The highest BCUT2D eigenvalue weighted by molar-refractivity contribution is 7.15. The van der Waals surface area contributed by atoms with Crippen molar-refractivity contribution in [1.29, 1.82) is 0 Å². The topological polar surface area (TPSA) is 43.4 Å². The molecule has 0 aliphatic heterocycles. The van der Waals surface area contributed by atoms with Crippen LogP contribution in [0.4, 0.5) is 4.39 Å². The monoisotopic (exact) mass is 358 g/mol. The quantitative estimate of drug-likeness (QED) is 0.685. The van der Waals surface area contributed by atoms with Crippen molar-refractivity contribution in [3.63, 3.8) is 0 Å². The van der Waals surface area contributed by atoms with Crippen molar-refractivity contribution in [2.24, 2.45) is 0 Å². The summed E-state index contributed by atoms with van der Waals surface area (Å²) in [5.74, 6) is 1.20. The zero-order valence-corrected chi connectivity index (χ0v) is 14.9. The minimum absolute atomic E-state index is 0.231. The summed E-state index contributed by atoms with van der Waals surface area (Å²) in [6, 6.07) is 12.3. The minimum Gasteiger partial charge on any atom is -0.493 e. The highest BCUT2D eigenvalue weighted by Crippen LogP contribution is 2.28. The van der Waals surface area contributed by atoms with Crippen LogP contribution in [0.25, 0.3) is 10.4 Å². The van der Waals surface area contributed by atoms with Crippen molar-refractivity contribution in [1.82, 2.24) is 10.3 Å². The number of methoxy groups -OCH3 is 2. The summed E-state index contributed by atoms with van der Waals surface area (Å²) in [4.78, 5) is 5.46. The van der Waals surface area contributed by atoms with E-state index in [1.54, 1.807) is 37.7 Å². The van der Waals surface area contributed by atoms with Crippen molar-refractivity contribution in [2.75, 3.05) is 14.2 Å². The fourth-order valence-electron chi connectivity index (χ4n) is 2.44. The molecule has 0 fully saturated rings. The standard InChI is InChI=1S/C19H19FN2O2S/c1-23-16-8-3-13(9-17(16)24-2)10-21-12-19-22-11-18(25-19)14-4-6-15(20)7-5-14/h3-9,11,21H,10,12H2,1-2H3. The predicted octanol–water partition coefficient (Wildman–Crippen LogP) is 4.26. The number of nitrogens with zero attached hydrogens (tertiary/aromatic N) is 1. The molecule has 3 rings (SSSR count). The van der Waals surface area contributed by atoms with Crippen molar-refractivity contribution in [2.45, 2.75) is 13.1 Å². The second kappa shape index (κ2) is 8.09. The predicted molar refractivity (Wildman–Crippen MR) is 97.6 cm³/mol. The normalized spacial score (nSPS) is 10.7. The highest BCUT2D eigenvalue weighted by atomic mass is 32.1. The number of nitrogens with one attached hydrogen (secondary N) is 1. The Labute approximate surface area is 150 Å². The molecule has 0 bridgehead atoms. The number of halogens is 1. The zero-order valence-electron chi connectivity index (χ0n) is 14.1. The van der Waals surface area contributed by atoms with E-state index in [1.165, 1.54) is 12.1 Å². The maximum atomic E-state index is 13.0. The Balaban J connectivity index is 1.58. The number of hydrogen-bond acceptors (Lipinski definition) is 5. The molecule has 25 heavy (non-hydrogen) atoms. The molecule has 0 saturated heterocycles. The van der Waals surface area contributed by atoms with Gasteiger partial charge in [-0.15, -0.1) is 11.3 Å². The highest BCUT2D eigenvalue weighted by Gasteiger charge is 2.06. The molecule has 6 heteroatoms. The number of rotatable bonds is 7. The van der Waals surface area contributed by atoms with Crippen LogP contribution in [0.5, 0.6) is 11.5 Å². The van der Waals surface area contributed by atoms with Gasteiger partial charge in [0.1, 0.15) is 10.8 Å². The summed E-state index contributed by atoms with van der Waals surface area (Å²) in [6.45, 7) is 1.37. The molecule has 0 spiro atoms. The van der Waals surface area contributed by atoms with Gasteiger partial charge >= 0.3 is 0 Å². The van der Waals surface area contributed by atoms with Crippen LogP contribution >= 0.6 is 11.3 Å². The Bertz CT molecular complexity index is 834. The largest absolute Gasteiger partial charge is 0.493 e. The molecule has 0 aliphatic rings. The van der Waals surface area contributed by atoms with Crippen LogP contribution in [-0.4, -0.2) is 19.2 Å². The van der Waals surface area contributed by atoms with E-state index < -0.39 is 0 Å². The number of aromatic nitrogens is 1. The Morgan fingerprint density at radius 2 is 1.76 bits per heavy atom. The van der Waals surface area contributed by atoms with Gasteiger partial charge in [-0.3, -0.25) is 0 Å². The van der Waals surface area contributed by atoms with Crippen LogP contribution < -0.4 is 14.8 Å². The molecular formula is C19H19FN2O2S. The van der Waals surface area contributed by atoms with E-state index >= 15 is 0 Å². The molecule has 0 aliphatic carbocycles. The summed E-state index contributed by atoms with van der Waals surface area (Å²) in [6.07, 6.45) is 1.82. The molecule has 0 amide bonds. The van der Waals surface area contributed by atoms with E-state index in [9.17, 15) is 4.39 Å². The SMILES string of the molecule is COc1ccc(CNCc2ncc(-c3ccc(F)cc3)s2)cc1OC. The second-order valence-corrected chi connectivity index (χ2v) is 6.53. The number of benzene rings is 2. The first-order chi connectivity index (χ1) is 12.2. The minimum atomic E-state index is -0.231. The summed E-state index contributed by atoms with van der Waals surface area (Å²) in [5.41, 5.74) is 2.08. The van der Waals surface area contributed by atoms with Gasteiger partial charge in [0.15, 0.2) is 11.5 Å². The van der Waals surface area contributed by atoms with Crippen LogP contribution in [0.15, 0.2) is 48.7 Å². The number of hydrogen-bond donors (Lipinski definition) is 1. The Morgan fingerprint density at radius 3 is 2.48 bits per heavy atom. The zero-order chi connectivity index (χ0) is 17.6. The molecule has 0 radical (unpaired) electrons. The third-order valence-corrected chi connectivity index (χ3v) is 4.78. The van der Waals surface area contributed by atoms with Gasteiger partial charge in [0.25, 0.3) is 0 Å². The summed E-state index contributed by atoms with van der Waals surface area (Å²) >= 11 is 1.60. The molecule has 1 N–H and O–H groups in total. The third kappa shape index (κ3) is 4.35. The molecule has 4 nitrogen and oxygen atoms in total. The Hall–Kier alpha value is -2.44. The van der Waals surface area contributed by atoms with Gasteiger partial charge in [-0.05, 0) is 35.4 Å². The van der Waals surface area contributed by atoms with Crippen molar-refractivity contribution >= 4 is 11.3 Å². The lowest BCUT2D eigenvalue weighted by atomic mass is 10.2. The van der Waals surface area contributed by atoms with Crippen LogP contribution in [0.1, 0.15) is 10.6 Å². The van der Waals surface area contributed by atoms with Gasteiger partial charge in [-0.1, -0.05) is 18.2 Å². The van der Waals surface area contributed by atoms with E-state index in [0.29, 0.717) is 13.1 Å². The first-order valence-electron chi connectivity index (χ1n) is 7.82. The molecule has 0 saturated carbocycles. The number of thiazole rings is 1. The van der Waals surface area contributed by atoms with Gasteiger partial charge in [0.05, 0.1) is 19.1 Å². The molecule has 1 heterocycles. The summed E-state index contributed by atoms with van der Waals surface area (Å²) in [5, 5.41) is 4.36. The van der Waals surface area contributed by atoms with Crippen molar-refractivity contribution < 1.29 is 13.9 Å².